The van der Waals surface area contributed by atoms with Gasteiger partial charge in [0.05, 0.1) is 11.7 Å². The molecule has 15 heavy (non-hydrogen) atoms. The summed E-state index contributed by atoms with van der Waals surface area (Å²) < 4.78 is 5.07. The Hall–Kier alpha value is -1.61. The standard InChI is InChI=1S/C12H12O3/c1-2-8(13)7-11-9-5-3-4-6-10(9)12(14)15-11/h3-8,13H,2H2,1H3/b11-7-/t8-/m0/s1. The van der Waals surface area contributed by atoms with E-state index in [0.717, 1.165) is 5.56 Å². The number of carbonyl (C=O) groups is 1. The van der Waals surface area contributed by atoms with Crippen LogP contribution in [0.2, 0.25) is 0 Å². The number of rotatable bonds is 2. The number of aliphatic hydroxyl groups is 1. The van der Waals surface area contributed by atoms with E-state index in [1.807, 2.05) is 19.1 Å². The molecule has 1 N–H and O–H groups in total. The number of hydrogen-bond donors (Lipinski definition) is 1. The first-order chi connectivity index (χ1) is 7.22. The molecular weight excluding hydrogens is 192 g/mol. The van der Waals surface area contributed by atoms with Crippen molar-refractivity contribution in [1.82, 2.24) is 0 Å². The van der Waals surface area contributed by atoms with Gasteiger partial charge in [-0.25, -0.2) is 4.79 Å². The smallest absolute Gasteiger partial charge is 0.344 e. The minimum Gasteiger partial charge on any atom is -0.422 e. The van der Waals surface area contributed by atoms with Crippen molar-refractivity contribution in [3.63, 3.8) is 0 Å². The summed E-state index contributed by atoms with van der Waals surface area (Å²) in [5, 5.41) is 9.46. The third-order valence-electron chi connectivity index (χ3n) is 2.38. The fourth-order valence-electron chi connectivity index (χ4n) is 1.50. The summed E-state index contributed by atoms with van der Waals surface area (Å²) in [6.45, 7) is 1.87. The van der Waals surface area contributed by atoms with Crippen molar-refractivity contribution in [2.24, 2.45) is 0 Å². The van der Waals surface area contributed by atoms with E-state index in [-0.39, 0.29) is 5.97 Å². The van der Waals surface area contributed by atoms with Gasteiger partial charge >= 0.3 is 5.97 Å². The first-order valence-electron chi connectivity index (χ1n) is 4.94. The molecule has 1 aromatic carbocycles. The van der Waals surface area contributed by atoms with E-state index in [4.69, 9.17) is 4.74 Å². The van der Waals surface area contributed by atoms with Crippen molar-refractivity contribution in [3.05, 3.63) is 41.5 Å². The van der Waals surface area contributed by atoms with Gasteiger partial charge in [0.2, 0.25) is 0 Å². The van der Waals surface area contributed by atoms with E-state index >= 15 is 0 Å². The predicted octanol–water partition coefficient (Wildman–Crippen LogP) is 1.97. The molecule has 1 heterocycles. The molecule has 1 aliphatic rings. The van der Waals surface area contributed by atoms with E-state index in [1.54, 1.807) is 18.2 Å². The van der Waals surface area contributed by atoms with Crippen LogP contribution in [-0.4, -0.2) is 17.2 Å². The number of hydrogen-bond acceptors (Lipinski definition) is 3. The summed E-state index contributed by atoms with van der Waals surface area (Å²) in [4.78, 5) is 11.4. The van der Waals surface area contributed by atoms with Gasteiger partial charge in [-0.3, -0.25) is 0 Å². The van der Waals surface area contributed by atoms with Gasteiger partial charge in [-0.05, 0) is 18.6 Å². The topological polar surface area (TPSA) is 46.5 Å². The summed E-state index contributed by atoms with van der Waals surface area (Å²) in [6, 6.07) is 7.16. The molecule has 0 aliphatic carbocycles. The number of aliphatic hydroxyl groups excluding tert-OH is 1. The zero-order valence-corrected chi connectivity index (χ0v) is 8.43. The number of cyclic esters (lactones) is 1. The van der Waals surface area contributed by atoms with Gasteiger partial charge in [-0.15, -0.1) is 0 Å². The lowest BCUT2D eigenvalue weighted by Crippen LogP contribution is -2.00. The van der Waals surface area contributed by atoms with Crippen LogP contribution in [0.4, 0.5) is 0 Å². The fraction of sp³-hybridized carbons (Fsp3) is 0.250. The van der Waals surface area contributed by atoms with E-state index < -0.39 is 6.10 Å². The Morgan fingerprint density at radius 3 is 2.73 bits per heavy atom. The molecule has 1 atom stereocenters. The highest BCUT2D eigenvalue weighted by Crippen LogP contribution is 2.29. The van der Waals surface area contributed by atoms with Crippen molar-refractivity contribution >= 4 is 11.7 Å². The fourth-order valence-corrected chi connectivity index (χ4v) is 1.50. The molecule has 0 amide bonds. The Morgan fingerprint density at radius 1 is 1.40 bits per heavy atom. The van der Waals surface area contributed by atoms with Crippen LogP contribution in [0.1, 0.15) is 29.3 Å². The second-order valence-electron chi connectivity index (χ2n) is 3.44. The monoisotopic (exact) mass is 204 g/mol. The maximum Gasteiger partial charge on any atom is 0.344 e. The third kappa shape index (κ3) is 1.78. The zero-order chi connectivity index (χ0) is 10.8. The van der Waals surface area contributed by atoms with Crippen LogP contribution in [0, 0.1) is 0 Å². The SMILES string of the molecule is CC[C@H](O)/C=C1\OC(=O)c2ccccc21. The lowest BCUT2D eigenvalue weighted by Gasteiger charge is -2.02. The summed E-state index contributed by atoms with van der Waals surface area (Å²) in [5.74, 6) is 0.116. The normalized spacial score (nSPS) is 18.8. The molecule has 0 spiro atoms. The molecule has 2 rings (SSSR count). The van der Waals surface area contributed by atoms with Crippen LogP contribution in [0.3, 0.4) is 0 Å². The Morgan fingerprint density at radius 2 is 2.07 bits per heavy atom. The first kappa shape index (κ1) is 9.93. The molecule has 1 aromatic rings. The quantitative estimate of drug-likeness (QED) is 0.749. The number of esters is 1. The molecular formula is C12H12O3. The second-order valence-corrected chi connectivity index (χ2v) is 3.44. The molecule has 0 fully saturated rings. The zero-order valence-electron chi connectivity index (χ0n) is 8.43. The number of carbonyl (C=O) groups excluding carboxylic acids is 1. The van der Waals surface area contributed by atoms with Crippen LogP contribution in [0.5, 0.6) is 0 Å². The highest BCUT2D eigenvalue weighted by atomic mass is 16.5. The Labute approximate surface area is 88.0 Å². The van der Waals surface area contributed by atoms with Gasteiger partial charge in [0, 0.05) is 5.56 Å². The summed E-state index contributed by atoms with van der Waals surface area (Å²) in [6.07, 6.45) is 1.60. The summed E-state index contributed by atoms with van der Waals surface area (Å²) in [7, 11) is 0. The van der Waals surface area contributed by atoms with Crippen molar-refractivity contribution in [2.75, 3.05) is 0 Å². The van der Waals surface area contributed by atoms with Crippen LogP contribution in [0.25, 0.3) is 5.76 Å². The average molecular weight is 204 g/mol. The van der Waals surface area contributed by atoms with Crippen LogP contribution < -0.4 is 0 Å². The number of benzene rings is 1. The van der Waals surface area contributed by atoms with Crippen molar-refractivity contribution in [2.45, 2.75) is 19.4 Å². The Kier molecular flexibility index (Phi) is 2.56. The average Bonchev–Trinajstić information content (AvgIpc) is 2.57. The van der Waals surface area contributed by atoms with Gasteiger partial charge in [-0.1, -0.05) is 25.1 Å². The van der Waals surface area contributed by atoms with E-state index in [9.17, 15) is 9.90 Å². The van der Waals surface area contributed by atoms with Gasteiger partial charge in [0.25, 0.3) is 0 Å². The minimum atomic E-state index is -0.570. The van der Waals surface area contributed by atoms with Gasteiger partial charge in [-0.2, -0.15) is 0 Å². The largest absolute Gasteiger partial charge is 0.422 e. The Balaban J connectivity index is 2.40. The lowest BCUT2D eigenvalue weighted by molar-refractivity contribution is 0.0713. The molecule has 0 aromatic heterocycles. The highest BCUT2D eigenvalue weighted by molar-refractivity contribution is 6.02. The molecule has 3 heteroatoms. The molecule has 3 nitrogen and oxygen atoms in total. The minimum absolute atomic E-state index is 0.347. The third-order valence-corrected chi connectivity index (χ3v) is 2.38. The number of fused-ring (bicyclic) bond motifs is 1. The highest BCUT2D eigenvalue weighted by Gasteiger charge is 2.25. The van der Waals surface area contributed by atoms with Crippen molar-refractivity contribution in [1.29, 1.82) is 0 Å². The second kappa shape index (κ2) is 3.87. The molecule has 0 saturated carbocycles. The van der Waals surface area contributed by atoms with Gasteiger partial charge in [0.1, 0.15) is 5.76 Å². The summed E-state index contributed by atoms with van der Waals surface area (Å²) >= 11 is 0. The van der Waals surface area contributed by atoms with Crippen molar-refractivity contribution < 1.29 is 14.6 Å². The molecule has 0 saturated heterocycles. The maximum atomic E-state index is 11.4. The number of ether oxygens (including phenoxy) is 1. The van der Waals surface area contributed by atoms with E-state index in [0.29, 0.717) is 17.7 Å². The summed E-state index contributed by atoms with van der Waals surface area (Å²) in [5.41, 5.74) is 1.32. The van der Waals surface area contributed by atoms with E-state index in [1.165, 1.54) is 0 Å². The lowest BCUT2D eigenvalue weighted by atomic mass is 10.1. The molecule has 0 bridgehead atoms. The van der Waals surface area contributed by atoms with Crippen molar-refractivity contribution in [3.8, 4) is 0 Å². The molecule has 1 aliphatic heterocycles. The van der Waals surface area contributed by atoms with Gasteiger partial charge in [0.15, 0.2) is 0 Å². The van der Waals surface area contributed by atoms with Crippen LogP contribution >= 0.6 is 0 Å². The van der Waals surface area contributed by atoms with Crippen LogP contribution in [-0.2, 0) is 4.74 Å². The maximum absolute atomic E-state index is 11.4. The van der Waals surface area contributed by atoms with Crippen LogP contribution in [0.15, 0.2) is 30.3 Å². The first-order valence-corrected chi connectivity index (χ1v) is 4.94. The molecule has 0 radical (unpaired) electrons. The molecule has 0 unspecified atom stereocenters. The van der Waals surface area contributed by atoms with E-state index in [2.05, 4.69) is 0 Å². The molecule has 78 valence electrons. The predicted molar refractivity (Wildman–Crippen MR) is 56.1 cm³/mol. The Bertz CT molecular complexity index is 421. The van der Waals surface area contributed by atoms with Gasteiger partial charge < -0.3 is 9.84 Å².